The maximum atomic E-state index is 11.9. The van der Waals surface area contributed by atoms with E-state index in [2.05, 4.69) is 45.1 Å². The SMILES string of the molecule is Cc1cc(Nc2nc(Cl)c(C(C)C)nc2C(N)=O)ccc1N1CCN(C)CC1. The average Bonchev–Trinajstić information content (AvgIpc) is 2.62. The van der Waals surface area contributed by atoms with Crippen LogP contribution in [0.4, 0.5) is 17.2 Å². The summed E-state index contributed by atoms with van der Waals surface area (Å²) >= 11 is 6.26. The molecule has 150 valence electrons. The van der Waals surface area contributed by atoms with Gasteiger partial charge in [0.25, 0.3) is 5.91 Å². The third kappa shape index (κ3) is 4.36. The normalized spacial score (nSPS) is 15.1. The molecule has 2 heterocycles. The van der Waals surface area contributed by atoms with E-state index in [-0.39, 0.29) is 22.6 Å². The highest BCUT2D eigenvalue weighted by Crippen LogP contribution is 2.29. The van der Waals surface area contributed by atoms with Gasteiger partial charge in [0.1, 0.15) is 0 Å². The van der Waals surface area contributed by atoms with Crippen molar-refractivity contribution >= 4 is 34.7 Å². The third-order valence-corrected chi connectivity index (χ3v) is 5.24. The van der Waals surface area contributed by atoms with Gasteiger partial charge < -0.3 is 20.9 Å². The molecule has 1 fully saturated rings. The van der Waals surface area contributed by atoms with Crippen LogP contribution < -0.4 is 16.0 Å². The molecule has 1 aromatic heterocycles. The zero-order valence-electron chi connectivity index (χ0n) is 16.8. The van der Waals surface area contributed by atoms with Crippen LogP contribution in [0.25, 0.3) is 0 Å². The summed E-state index contributed by atoms with van der Waals surface area (Å²) in [5, 5.41) is 3.42. The van der Waals surface area contributed by atoms with Gasteiger partial charge in [-0.15, -0.1) is 0 Å². The lowest BCUT2D eigenvalue weighted by atomic mass is 10.1. The number of nitrogens with one attached hydrogen (secondary N) is 1. The third-order valence-electron chi connectivity index (χ3n) is 4.96. The Morgan fingerprint density at radius 2 is 1.89 bits per heavy atom. The van der Waals surface area contributed by atoms with E-state index in [1.54, 1.807) is 0 Å². The molecule has 3 N–H and O–H groups in total. The van der Waals surface area contributed by atoms with Crippen molar-refractivity contribution in [1.82, 2.24) is 14.9 Å². The molecule has 2 aromatic rings. The quantitative estimate of drug-likeness (QED) is 0.798. The number of nitrogens with two attached hydrogens (primary N) is 1. The fourth-order valence-electron chi connectivity index (χ4n) is 3.33. The molecule has 1 aliphatic rings. The van der Waals surface area contributed by atoms with Gasteiger partial charge in [0.2, 0.25) is 0 Å². The lowest BCUT2D eigenvalue weighted by molar-refractivity contribution is 0.0996. The second kappa shape index (κ2) is 8.32. The molecule has 0 radical (unpaired) electrons. The number of aromatic nitrogens is 2. The van der Waals surface area contributed by atoms with E-state index >= 15 is 0 Å². The number of benzene rings is 1. The molecule has 7 nitrogen and oxygen atoms in total. The molecule has 0 aliphatic carbocycles. The number of hydrogen-bond acceptors (Lipinski definition) is 6. The van der Waals surface area contributed by atoms with Crippen molar-refractivity contribution in [3.63, 3.8) is 0 Å². The summed E-state index contributed by atoms with van der Waals surface area (Å²) in [5.41, 5.74) is 9.33. The highest BCUT2D eigenvalue weighted by molar-refractivity contribution is 6.30. The topological polar surface area (TPSA) is 87.4 Å². The number of carbonyl (C=O) groups excluding carboxylic acids is 1. The summed E-state index contributed by atoms with van der Waals surface area (Å²) in [7, 11) is 2.14. The van der Waals surface area contributed by atoms with Gasteiger partial charge in [0.05, 0.1) is 5.69 Å². The van der Waals surface area contributed by atoms with Gasteiger partial charge in [0, 0.05) is 37.6 Å². The molecule has 0 saturated carbocycles. The van der Waals surface area contributed by atoms with Gasteiger partial charge in [-0.2, -0.15) is 0 Å². The number of piperazine rings is 1. The predicted molar refractivity (Wildman–Crippen MR) is 114 cm³/mol. The first kappa shape index (κ1) is 20.4. The van der Waals surface area contributed by atoms with Gasteiger partial charge in [-0.3, -0.25) is 4.79 Å². The van der Waals surface area contributed by atoms with Crippen molar-refractivity contribution in [2.75, 3.05) is 43.4 Å². The van der Waals surface area contributed by atoms with Crippen molar-refractivity contribution in [2.24, 2.45) is 5.73 Å². The minimum atomic E-state index is -0.639. The van der Waals surface area contributed by atoms with Crippen molar-refractivity contribution in [1.29, 1.82) is 0 Å². The Morgan fingerprint density at radius 3 is 2.46 bits per heavy atom. The molecule has 28 heavy (non-hydrogen) atoms. The van der Waals surface area contributed by atoms with Gasteiger partial charge in [-0.25, -0.2) is 9.97 Å². The van der Waals surface area contributed by atoms with Gasteiger partial charge in [-0.05, 0) is 43.7 Å². The highest BCUT2D eigenvalue weighted by atomic mass is 35.5. The second-order valence-corrected chi connectivity index (χ2v) is 7.89. The van der Waals surface area contributed by atoms with E-state index in [0.29, 0.717) is 5.69 Å². The molecule has 0 atom stereocenters. The molecule has 1 saturated heterocycles. The average molecular weight is 403 g/mol. The standard InChI is InChI=1S/C20H27ClN6O/c1-12(2)16-18(21)25-20(17(24-16)19(22)28)23-14-5-6-15(13(3)11-14)27-9-7-26(4)8-10-27/h5-6,11-12H,7-10H2,1-4H3,(H2,22,28)(H,23,25). The molecular formula is C20H27ClN6O. The Morgan fingerprint density at radius 1 is 1.21 bits per heavy atom. The van der Waals surface area contributed by atoms with Gasteiger partial charge in [0.15, 0.2) is 16.7 Å². The van der Waals surface area contributed by atoms with Gasteiger partial charge >= 0.3 is 0 Å². The zero-order chi connectivity index (χ0) is 20.4. The lowest BCUT2D eigenvalue weighted by Crippen LogP contribution is -2.44. The van der Waals surface area contributed by atoms with Crippen molar-refractivity contribution in [3.8, 4) is 0 Å². The summed E-state index contributed by atoms with van der Waals surface area (Å²) in [6.45, 7) is 10.1. The summed E-state index contributed by atoms with van der Waals surface area (Å²) in [4.78, 5) is 25.3. The Labute approximate surface area is 170 Å². The molecule has 1 aromatic carbocycles. The van der Waals surface area contributed by atoms with Crippen LogP contribution in [0.1, 0.15) is 41.5 Å². The fourth-order valence-corrected chi connectivity index (χ4v) is 3.67. The first-order valence-corrected chi connectivity index (χ1v) is 9.82. The van der Waals surface area contributed by atoms with Crippen molar-refractivity contribution in [2.45, 2.75) is 26.7 Å². The van der Waals surface area contributed by atoms with Crippen LogP contribution in [-0.2, 0) is 0 Å². The van der Waals surface area contributed by atoms with Crippen LogP contribution in [0.15, 0.2) is 18.2 Å². The Bertz CT molecular complexity index is 877. The molecular weight excluding hydrogens is 376 g/mol. The zero-order valence-corrected chi connectivity index (χ0v) is 17.5. The first-order chi connectivity index (χ1) is 13.3. The van der Waals surface area contributed by atoms with Crippen LogP contribution in [0, 0.1) is 6.92 Å². The number of aryl methyl sites for hydroxylation is 1. The number of likely N-dealkylation sites (N-methyl/N-ethyl adjacent to an activating group) is 1. The molecule has 1 amide bonds. The Kier molecular flexibility index (Phi) is 6.05. The van der Waals surface area contributed by atoms with E-state index in [0.717, 1.165) is 37.4 Å². The molecule has 0 unspecified atom stereocenters. The van der Waals surface area contributed by atoms with E-state index < -0.39 is 5.91 Å². The Balaban J connectivity index is 1.87. The molecule has 1 aliphatic heterocycles. The minimum Gasteiger partial charge on any atom is -0.369 e. The van der Waals surface area contributed by atoms with E-state index in [1.165, 1.54) is 5.69 Å². The summed E-state index contributed by atoms with van der Waals surface area (Å²) < 4.78 is 0. The second-order valence-electron chi connectivity index (χ2n) is 7.53. The van der Waals surface area contributed by atoms with Crippen LogP contribution in [0.5, 0.6) is 0 Å². The number of carbonyl (C=O) groups is 1. The monoisotopic (exact) mass is 402 g/mol. The molecule has 8 heteroatoms. The van der Waals surface area contributed by atoms with Gasteiger partial charge in [-0.1, -0.05) is 25.4 Å². The molecule has 3 rings (SSSR count). The largest absolute Gasteiger partial charge is 0.369 e. The van der Waals surface area contributed by atoms with Crippen molar-refractivity contribution < 1.29 is 4.79 Å². The predicted octanol–water partition coefficient (Wildman–Crippen LogP) is 3.16. The summed E-state index contributed by atoms with van der Waals surface area (Å²) in [6.07, 6.45) is 0. The lowest BCUT2D eigenvalue weighted by Gasteiger charge is -2.35. The van der Waals surface area contributed by atoms with E-state index in [1.807, 2.05) is 26.0 Å². The van der Waals surface area contributed by atoms with E-state index in [9.17, 15) is 4.79 Å². The van der Waals surface area contributed by atoms with Crippen LogP contribution in [0.2, 0.25) is 5.15 Å². The van der Waals surface area contributed by atoms with Crippen LogP contribution in [0.3, 0.4) is 0 Å². The van der Waals surface area contributed by atoms with Crippen molar-refractivity contribution in [3.05, 3.63) is 40.3 Å². The first-order valence-electron chi connectivity index (χ1n) is 9.44. The molecule has 0 spiro atoms. The van der Waals surface area contributed by atoms with Crippen LogP contribution in [-0.4, -0.2) is 54.0 Å². The van der Waals surface area contributed by atoms with Crippen LogP contribution >= 0.6 is 11.6 Å². The maximum Gasteiger partial charge on any atom is 0.271 e. The maximum absolute atomic E-state index is 11.9. The smallest absolute Gasteiger partial charge is 0.271 e. The van der Waals surface area contributed by atoms with E-state index in [4.69, 9.17) is 17.3 Å². The Hall–Kier alpha value is -2.38. The number of halogens is 1. The summed E-state index contributed by atoms with van der Waals surface area (Å²) in [5.74, 6) is -0.328. The minimum absolute atomic E-state index is 0.0391. The summed E-state index contributed by atoms with van der Waals surface area (Å²) in [6, 6.07) is 6.09. The fraction of sp³-hybridized carbons (Fsp3) is 0.450. The number of anilines is 3. The number of rotatable bonds is 5. The number of hydrogen-bond donors (Lipinski definition) is 2. The number of nitrogens with zero attached hydrogens (tertiary/aromatic N) is 4. The molecule has 0 bridgehead atoms. The number of primary amides is 1. The number of amides is 1. The highest BCUT2D eigenvalue weighted by Gasteiger charge is 2.20.